The second-order valence-electron chi connectivity index (χ2n) is 3.07. The van der Waals surface area contributed by atoms with Gasteiger partial charge in [-0.25, -0.2) is 4.79 Å². The zero-order valence-electron chi connectivity index (χ0n) is 8.91. The van der Waals surface area contributed by atoms with Crippen molar-refractivity contribution >= 4 is 23.3 Å². The Kier molecular flexibility index (Phi) is 4.39. The minimum Gasteiger partial charge on any atom is -0.462 e. The van der Waals surface area contributed by atoms with Crippen LogP contribution in [0.4, 0.5) is 10.1 Å². The molecule has 0 unspecified atom stereocenters. The van der Waals surface area contributed by atoms with E-state index in [9.17, 15) is 19.3 Å². The van der Waals surface area contributed by atoms with Gasteiger partial charge in [-0.3, -0.25) is 10.1 Å². The molecule has 0 heterocycles. The molecule has 0 bridgehead atoms. The first-order valence-corrected chi connectivity index (χ1v) is 5.24. The van der Waals surface area contributed by atoms with Crippen molar-refractivity contribution in [3.63, 3.8) is 0 Å². The average molecular weight is 262 g/mol. The standard InChI is InChI=1S/C10H9ClFNO4/c1-2-17-10(14)7-4-9(13(15)16)8(12)3-6(7)5-11/h3-4H,2,5H2,1H3. The minimum atomic E-state index is -1.03. The maximum Gasteiger partial charge on any atom is 0.338 e. The van der Waals surface area contributed by atoms with Crippen LogP contribution in [0.1, 0.15) is 22.8 Å². The lowest BCUT2D eigenvalue weighted by molar-refractivity contribution is -0.387. The highest BCUT2D eigenvalue weighted by molar-refractivity contribution is 6.17. The number of benzene rings is 1. The number of carbonyl (C=O) groups is 1. The SMILES string of the molecule is CCOC(=O)c1cc([N+](=O)[O-])c(F)cc1CCl. The predicted octanol–water partition coefficient (Wildman–Crippen LogP) is 2.65. The Morgan fingerprint density at radius 3 is 2.71 bits per heavy atom. The molecule has 0 saturated carbocycles. The summed E-state index contributed by atoms with van der Waals surface area (Å²) >= 11 is 5.54. The van der Waals surface area contributed by atoms with Crippen LogP contribution in [0.3, 0.4) is 0 Å². The van der Waals surface area contributed by atoms with Gasteiger partial charge in [0.15, 0.2) is 0 Å². The number of alkyl halides is 1. The third-order valence-corrected chi connectivity index (χ3v) is 2.30. The Morgan fingerprint density at radius 1 is 1.59 bits per heavy atom. The van der Waals surface area contributed by atoms with E-state index in [1.54, 1.807) is 6.92 Å². The fourth-order valence-electron chi connectivity index (χ4n) is 1.25. The Labute approximate surface area is 101 Å². The fraction of sp³-hybridized carbons (Fsp3) is 0.300. The van der Waals surface area contributed by atoms with E-state index in [-0.39, 0.29) is 23.6 Å². The van der Waals surface area contributed by atoms with Crippen LogP contribution in [0.15, 0.2) is 12.1 Å². The highest BCUT2D eigenvalue weighted by Crippen LogP contribution is 2.24. The van der Waals surface area contributed by atoms with Crippen molar-refractivity contribution in [1.29, 1.82) is 0 Å². The first kappa shape index (κ1) is 13.4. The lowest BCUT2D eigenvalue weighted by Crippen LogP contribution is -2.09. The molecule has 0 aliphatic rings. The van der Waals surface area contributed by atoms with Crippen molar-refractivity contribution in [3.05, 3.63) is 39.2 Å². The van der Waals surface area contributed by atoms with Crippen molar-refractivity contribution in [2.75, 3.05) is 6.61 Å². The van der Waals surface area contributed by atoms with Crippen molar-refractivity contribution in [2.24, 2.45) is 0 Å². The van der Waals surface area contributed by atoms with E-state index in [2.05, 4.69) is 0 Å². The van der Waals surface area contributed by atoms with Crippen LogP contribution in [0.25, 0.3) is 0 Å². The van der Waals surface area contributed by atoms with Gasteiger partial charge in [0.25, 0.3) is 0 Å². The number of carbonyl (C=O) groups excluding carboxylic acids is 1. The number of rotatable bonds is 4. The fourth-order valence-corrected chi connectivity index (χ4v) is 1.47. The van der Waals surface area contributed by atoms with Crippen LogP contribution >= 0.6 is 11.6 Å². The smallest absolute Gasteiger partial charge is 0.338 e. The Bertz CT molecular complexity index is 464. The number of hydrogen-bond acceptors (Lipinski definition) is 4. The highest BCUT2D eigenvalue weighted by atomic mass is 35.5. The van der Waals surface area contributed by atoms with E-state index in [4.69, 9.17) is 16.3 Å². The van der Waals surface area contributed by atoms with Gasteiger partial charge in [-0.1, -0.05) is 0 Å². The van der Waals surface area contributed by atoms with Crippen molar-refractivity contribution < 1.29 is 18.8 Å². The molecule has 0 atom stereocenters. The molecule has 0 saturated heterocycles. The van der Waals surface area contributed by atoms with Crippen LogP contribution in [0, 0.1) is 15.9 Å². The average Bonchev–Trinajstić information content (AvgIpc) is 2.28. The van der Waals surface area contributed by atoms with Gasteiger partial charge in [0, 0.05) is 11.9 Å². The molecule has 0 amide bonds. The molecule has 0 aliphatic heterocycles. The van der Waals surface area contributed by atoms with Gasteiger partial charge < -0.3 is 4.74 Å². The molecule has 0 N–H and O–H groups in total. The number of nitro groups is 1. The largest absolute Gasteiger partial charge is 0.462 e. The van der Waals surface area contributed by atoms with Crippen LogP contribution in [0.2, 0.25) is 0 Å². The molecule has 0 aliphatic carbocycles. The summed E-state index contributed by atoms with van der Waals surface area (Å²) in [5, 5.41) is 10.5. The summed E-state index contributed by atoms with van der Waals surface area (Å²) in [6.07, 6.45) is 0. The van der Waals surface area contributed by atoms with Crippen LogP contribution in [-0.4, -0.2) is 17.5 Å². The monoisotopic (exact) mass is 261 g/mol. The topological polar surface area (TPSA) is 69.4 Å². The van der Waals surface area contributed by atoms with Crippen molar-refractivity contribution in [2.45, 2.75) is 12.8 Å². The molecule has 0 spiro atoms. The highest BCUT2D eigenvalue weighted by Gasteiger charge is 2.22. The second kappa shape index (κ2) is 5.58. The number of nitrogens with zero attached hydrogens (tertiary/aromatic N) is 1. The first-order valence-electron chi connectivity index (χ1n) is 4.71. The molecule has 1 aromatic rings. The maximum absolute atomic E-state index is 13.3. The molecule has 0 radical (unpaired) electrons. The van der Waals surface area contributed by atoms with Gasteiger partial charge in [-0.15, -0.1) is 11.6 Å². The summed E-state index contributed by atoms with van der Waals surface area (Å²) in [4.78, 5) is 21.1. The van der Waals surface area contributed by atoms with E-state index < -0.39 is 22.4 Å². The molecule has 0 aromatic heterocycles. The van der Waals surface area contributed by atoms with Crippen LogP contribution in [0.5, 0.6) is 0 Å². The Morgan fingerprint density at radius 2 is 2.24 bits per heavy atom. The van der Waals surface area contributed by atoms with E-state index in [0.717, 1.165) is 12.1 Å². The normalized spacial score (nSPS) is 10.1. The minimum absolute atomic E-state index is 0.0880. The quantitative estimate of drug-likeness (QED) is 0.362. The summed E-state index contributed by atoms with van der Waals surface area (Å²) in [6, 6.07) is 1.71. The summed E-state index contributed by atoms with van der Waals surface area (Å²) in [7, 11) is 0. The third-order valence-electron chi connectivity index (χ3n) is 2.01. The number of ether oxygens (including phenoxy) is 1. The summed E-state index contributed by atoms with van der Waals surface area (Å²) < 4.78 is 18.0. The lowest BCUT2D eigenvalue weighted by Gasteiger charge is -2.06. The summed E-state index contributed by atoms with van der Waals surface area (Å²) in [5.41, 5.74) is -0.704. The van der Waals surface area contributed by atoms with E-state index in [1.165, 1.54) is 0 Å². The van der Waals surface area contributed by atoms with Gasteiger partial charge >= 0.3 is 11.7 Å². The number of nitro benzene ring substituents is 1. The van der Waals surface area contributed by atoms with Gasteiger partial charge in [0.2, 0.25) is 5.82 Å². The molecule has 92 valence electrons. The van der Waals surface area contributed by atoms with E-state index in [1.807, 2.05) is 0 Å². The number of halogens is 2. The zero-order chi connectivity index (χ0) is 13.0. The number of esters is 1. The predicted molar refractivity (Wildman–Crippen MR) is 58.6 cm³/mol. The molecule has 1 rings (SSSR count). The Balaban J connectivity index is 3.31. The van der Waals surface area contributed by atoms with E-state index in [0.29, 0.717) is 0 Å². The number of hydrogen-bond donors (Lipinski definition) is 0. The van der Waals surface area contributed by atoms with Gasteiger partial charge in [0.05, 0.1) is 17.1 Å². The molecular formula is C10H9ClFNO4. The van der Waals surface area contributed by atoms with Crippen molar-refractivity contribution in [1.82, 2.24) is 0 Å². The third kappa shape index (κ3) is 2.91. The zero-order valence-corrected chi connectivity index (χ0v) is 9.66. The summed E-state index contributed by atoms with van der Waals surface area (Å²) in [5.74, 6) is -1.92. The second-order valence-corrected chi connectivity index (χ2v) is 3.34. The van der Waals surface area contributed by atoms with Gasteiger partial charge in [0.1, 0.15) is 0 Å². The maximum atomic E-state index is 13.3. The molecule has 0 fully saturated rings. The summed E-state index contributed by atoms with van der Waals surface area (Å²) in [6.45, 7) is 1.71. The molecule has 17 heavy (non-hydrogen) atoms. The molecule has 5 nitrogen and oxygen atoms in total. The Hall–Kier alpha value is -1.69. The van der Waals surface area contributed by atoms with Crippen LogP contribution in [-0.2, 0) is 10.6 Å². The molecular weight excluding hydrogens is 253 g/mol. The van der Waals surface area contributed by atoms with E-state index >= 15 is 0 Å². The van der Waals surface area contributed by atoms with Crippen molar-refractivity contribution in [3.8, 4) is 0 Å². The van der Waals surface area contributed by atoms with Crippen LogP contribution < -0.4 is 0 Å². The van der Waals surface area contributed by atoms with Gasteiger partial charge in [-0.05, 0) is 18.6 Å². The molecule has 7 heteroatoms. The first-order chi connectivity index (χ1) is 8.01. The van der Waals surface area contributed by atoms with Gasteiger partial charge in [-0.2, -0.15) is 4.39 Å². The lowest BCUT2D eigenvalue weighted by atomic mass is 10.1. The molecule has 1 aromatic carbocycles.